The molecule has 2 aromatic rings. The van der Waals surface area contributed by atoms with E-state index in [1.807, 2.05) is 14.1 Å². The fourth-order valence-electron chi connectivity index (χ4n) is 1.26. The molecule has 1 aromatic heterocycles. The minimum atomic E-state index is -0.352. The highest BCUT2D eigenvalue weighted by Gasteiger charge is 2.09. The number of benzene rings is 1. The molecule has 0 bridgehead atoms. The van der Waals surface area contributed by atoms with Crippen LogP contribution in [0.1, 0.15) is 0 Å². The largest absolute Gasteiger partial charge is 0.506 e. The Morgan fingerprint density at radius 1 is 1.43 bits per heavy atom. The first-order valence-electron chi connectivity index (χ1n) is 4.02. The number of phenolic OH excluding ortho intramolecular Hbond substituents is 1. The fraction of sp³-hybridized carbons (Fsp3) is 0.222. The maximum Gasteiger partial charge on any atom is 0.396 e. The SMILES string of the molecule is CN(C)c1cc2sc(=O)oc2cc1O. The van der Waals surface area contributed by atoms with Crippen molar-refractivity contribution in [2.45, 2.75) is 0 Å². The third-order valence-electron chi connectivity index (χ3n) is 1.91. The van der Waals surface area contributed by atoms with Crippen molar-refractivity contribution in [2.24, 2.45) is 0 Å². The van der Waals surface area contributed by atoms with E-state index < -0.39 is 0 Å². The van der Waals surface area contributed by atoms with E-state index in [0.717, 1.165) is 16.0 Å². The van der Waals surface area contributed by atoms with Crippen molar-refractivity contribution in [2.75, 3.05) is 19.0 Å². The Morgan fingerprint density at radius 3 is 2.79 bits per heavy atom. The van der Waals surface area contributed by atoms with Gasteiger partial charge in [-0.05, 0) is 6.07 Å². The molecule has 0 saturated heterocycles. The fourth-order valence-corrected chi connectivity index (χ4v) is 1.94. The number of phenols is 1. The summed E-state index contributed by atoms with van der Waals surface area (Å²) in [4.78, 5) is 12.4. The molecular weight excluding hydrogens is 202 g/mol. The molecule has 4 nitrogen and oxygen atoms in total. The standard InChI is InChI=1S/C9H9NO3S/c1-10(2)5-3-8-7(4-6(5)11)13-9(12)14-8/h3-4,11H,1-2H3. The van der Waals surface area contributed by atoms with Crippen LogP contribution in [0, 0.1) is 0 Å². The highest BCUT2D eigenvalue weighted by atomic mass is 32.1. The van der Waals surface area contributed by atoms with Crippen LogP contribution in [-0.2, 0) is 0 Å². The van der Waals surface area contributed by atoms with Crippen molar-refractivity contribution in [3.05, 3.63) is 21.9 Å². The summed E-state index contributed by atoms with van der Waals surface area (Å²) in [5.74, 6) is 0.115. The number of anilines is 1. The molecule has 0 radical (unpaired) electrons. The molecule has 1 heterocycles. The van der Waals surface area contributed by atoms with Gasteiger partial charge in [-0.2, -0.15) is 0 Å². The number of rotatable bonds is 1. The summed E-state index contributed by atoms with van der Waals surface area (Å²) in [5, 5.41) is 9.59. The summed E-state index contributed by atoms with van der Waals surface area (Å²) in [7, 11) is 3.65. The Balaban J connectivity index is 2.76. The number of aromatic hydroxyl groups is 1. The van der Waals surface area contributed by atoms with Crippen LogP contribution in [0.25, 0.3) is 10.3 Å². The first-order chi connectivity index (χ1) is 6.58. The van der Waals surface area contributed by atoms with Gasteiger partial charge < -0.3 is 14.4 Å². The van der Waals surface area contributed by atoms with Crippen LogP contribution < -0.4 is 9.84 Å². The third kappa shape index (κ3) is 1.35. The van der Waals surface area contributed by atoms with Crippen molar-refractivity contribution in [3.8, 4) is 5.75 Å². The summed E-state index contributed by atoms with van der Waals surface area (Å²) < 4.78 is 5.61. The Bertz CT molecular complexity index is 526. The Hall–Kier alpha value is -1.49. The van der Waals surface area contributed by atoms with Crippen molar-refractivity contribution in [3.63, 3.8) is 0 Å². The summed E-state index contributed by atoms with van der Waals surface area (Å²) >= 11 is 1.03. The predicted molar refractivity (Wildman–Crippen MR) is 56.4 cm³/mol. The number of hydrogen-bond donors (Lipinski definition) is 1. The highest BCUT2D eigenvalue weighted by Crippen LogP contribution is 2.32. The molecule has 14 heavy (non-hydrogen) atoms. The van der Waals surface area contributed by atoms with Crippen LogP contribution in [0.15, 0.2) is 21.3 Å². The van der Waals surface area contributed by atoms with E-state index in [9.17, 15) is 9.90 Å². The first kappa shape index (κ1) is 9.08. The van der Waals surface area contributed by atoms with Gasteiger partial charge in [0.15, 0.2) is 5.58 Å². The minimum Gasteiger partial charge on any atom is -0.506 e. The van der Waals surface area contributed by atoms with Gasteiger partial charge in [0.05, 0.1) is 10.4 Å². The first-order valence-corrected chi connectivity index (χ1v) is 4.83. The summed E-state index contributed by atoms with van der Waals surface area (Å²) in [5.41, 5.74) is 1.11. The zero-order valence-corrected chi connectivity index (χ0v) is 8.59. The molecule has 5 heteroatoms. The molecule has 0 amide bonds. The molecule has 0 spiro atoms. The van der Waals surface area contributed by atoms with Gasteiger partial charge in [0.2, 0.25) is 0 Å². The molecule has 2 rings (SSSR count). The van der Waals surface area contributed by atoms with Crippen molar-refractivity contribution in [1.29, 1.82) is 0 Å². The second-order valence-electron chi connectivity index (χ2n) is 3.14. The van der Waals surface area contributed by atoms with Crippen LogP contribution >= 0.6 is 11.3 Å². The monoisotopic (exact) mass is 211 g/mol. The lowest BCUT2D eigenvalue weighted by molar-refractivity contribution is 0.474. The van der Waals surface area contributed by atoms with Crippen LogP contribution in [0.3, 0.4) is 0 Å². The third-order valence-corrected chi connectivity index (χ3v) is 2.70. The molecule has 0 atom stereocenters. The molecule has 0 aliphatic carbocycles. The number of fused-ring (bicyclic) bond motifs is 1. The van der Waals surface area contributed by atoms with Crippen LogP contribution in [0.5, 0.6) is 5.75 Å². The summed E-state index contributed by atoms with van der Waals surface area (Å²) in [6.45, 7) is 0. The van der Waals surface area contributed by atoms with Gasteiger partial charge in [0, 0.05) is 20.2 Å². The molecule has 1 N–H and O–H groups in total. The summed E-state index contributed by atoms with van der Waals surface area (Å²) in [6, 6.07) is 3.20. The highest BCUT2D eigenvalue weighted by molar-refractivity contribution is 7.16. The lowest BCUT2D eigenvalue weighted by atomic mass is 10.2. The van der Waals surface area contributed by atoms with Gasteiger partial charge in [-0.1, -0.05) is 11.3 Å². The molecule has 1 aromatic carbocycles. The van der Waals surface area contributed by atoms with Crippen molar-refractivity contribution < 1.29 is 9.52 Å². The van der Waals surface area contributed by atoms with Crippen LogP contribution in [0.4, 0.5) is 5.69 Å². The maximum absolute atomic E-state index is 10.9. The van der Waals surface area contributed by atoms with Gasteiger partial charge in [-0.3, -0.25) is 0 Å². The second kappa shape index (κ2) is 3.02. The van der Waals surface area contributed by atoms with Crippen LogP contribution in [-0.4, -0.2) is 19.2 Å². The Morgan fingerprint density at radius 2 is 2.14 bits per heavy atom. The van der Waals surface area contributed by atoms with E-state index in [1.54, 1.807) is 11.0 Å². The predicted octanol–water partition coefficient (Wildman–Crippen LogP) is 1.63. The maximum atomic E-state index is 10.9. The van der Waals surface area contributed by atoms with Crippen molar-refractivity contribution in [1.82, 2.24) is 0 Å². The van der Waals surface area contributed by atoms with E-state index in [0.29, 0.717) is 11.3 Å². The quantitative estimate of drug-likeness (QED) is 0.778. The second-order valence-corrected chi connectivity index (χ2v) is 4.11. The molecule has 0 aliphatic heterocycles. The summed E-state index contributed by atoms with van der Waals surface area (Å²) in [6.07, 6.45) is 0. The number of nitrogens with zero attached hydrogens (tertiary/aromatic N) is 1. The molecule has 74 valence electrons. The van der Waals surface area contributed by atoms with Gasteiger partial charge >= 0.3 is 4.94 Å². The average Bonchev–Trinajstić information content (AvgIpc) is 2.42. The smallest absolute Gasteiger partial charge is 0.396 e. The van der Waals surface area contributed by atoms with Gasteiger partial charge in [0.1, 0.15) is 5.75 Å². The zero-order valence-electron chi connectivity index (χ0n) is 7.77. The van der Waals surface area contributed by atoms with Crippen LogP contribution in [0.2, 0.25) is 0 Å². The van der Waals surface area contributed by atoms with E-state index in [4.69, 9.17) is 4.42 Å². The lowest BCUT2D eigenvalue weighted by Crippen LogP contribution is -2.08. The number of hydrogen-bond acceptors (Lipinski definition) is 5. The Labute approximate surface area is 84.0 Å². The van der Waals surface area contributed by atoms with Crippen molar-refractivity contribution >= 4 is 27.3 Å². The zero-order chi connectivity index (χ0) is 10.3. The van der Waals surface area contributed by atoms with E-state index >= 15 is 0 Å². The molecule has 0 saturated carbocycles. The normalized spacial score (nSPS) is 10.7. The molecule has 0 fully saturated rings. The van der Waals surface area contributed by atoms with Gasteiger partial charge in [-0.25, -0.2) is 4.79 Å². The molecule has 0 aliphatic rings. The van der Waals surface area contributed by atoms with E-state index in [2.05, 4.69) is 0 Å². The Kier molecular flexibility index (Phi) is 1.96. The minimum absolute atomic E-state index is 0.115. The molecular formula is C9H9NO3S. The van der Waals surface area contributed by atoms with E-state index in [1.165, 1.54) is 6.07 Å². The van der Waals surface area contributed by atoms with Gasteiger partial charge in [-0.15, -0.1) is 0 Å². The van der Waals surface area contributed by atoms with E-state index in [-0.39, 0.29) is 10.7 Å². The topological polar surface area (TPSA) is 53.7 Å². The molecule has 0 unspecified atom stereocenters. The average molecular weight is 211 g/mol. The lowest BCUT2D eigenvalue weighted by Gasteiger charge is -2.13. The van der Waals surface area contributed by atoms with Gasteiger partial charge in [0.25, 0.3) is 0 Å².